The molecule has 2 aromatic rings. The Morgan fingerprint density at radius 2 is 2.10 bits per heavy atom. The van der Waals surface area contributed by atoms with Crippen LogP contribution in [0.2, 0.25) is 0 Å². The van der Waals surface area contributed by atoms with Crippen molar-refractivity contribution in [3.63, 3.8) is 0 Å². The summed E-state index contributed by atoms with van der Waals surface area (Å²) in [6.07, 6.45) is 0.572. The van der Waals surface area contributed by atoms with Gasteiger partial charge < -0.3 is 5.32 Å². The maximum absolute atomic E-state index is 14.0. The fraction of sp³-hybridized carbons (Fsp3) is 0.467. The third-order valence-corrected chi connectivity index (χ3v) is 4.66. The molecule has 1 N–H and O–H groups in total. The molecule has 114 valence electrons. The lowest BCUT2D eigenvalue weighted by Crippen LogP contribution is -2.23. The Hall–Kier alpha value is -0.850. The van der Waals surface area contributed by atoms with Gasteiger partial charge in [0.2, 0.25) is 0 Å². The van der Waals surface area contributed by atoms with Crippen LogP contribution in [0.15, 0.2) is 22.7 Å². The predicted molar refractivity (Wildman–Crippen MR) is 88.2 cm³/mol. The van der Waals surface area contributed by atoms with Gasteiger partial charge in [-0.2, -0.15) is 0 Å². The molecule has 1 aromatic carbocycles. The molecule has 0 radical (unpaired) electrons. The molecule has 0 aliphatic heterocycles. The normalized spacial score (nSPS) is 13.4. The minimum atomic E-state index is -0.195. The topological polar surface area (TPSA) is 37.8 Å². The van der Waals surface area contributed by atoms with E-state index >= 15 is 0 Å². The first-order chi connectivity index (χ1) is 9.82. The van der Waals surface area contributed by atoms with E-state index in [0.29, 0.717) is 12.0 Å². The SMILES string of the molecule is CNC(Cc1ccc(Br)cc1F)c1snnc1C(C)(C)C. The lowest BCUT2D eigenvalue weighted by Gasteiger charge is -2.21. The van der Waals surface area contributed by atoms with Gasteiger partial charge in [0.05, 0.1) is 10.6 Å². The molecule has 1 aromatic heterocycles. The molecule has 1 heterocycles. The summed E-state index contributed by atoms with van der Waals surface area (Å²) in [5, 5.41) is 7.52. The van der Waals surface area contributed by atoms with E-state index < -0.39 is 0 Å². The predicted octanol–water partition coefficient (Wildman–Crippen LogP) is 4.24. The maximum Gasteiger partial charge on any atom is 0.127 e. The van der Waals surface area contributed by atoms with Crippen molar-refractivity contribution < 1.29 is 4.39 Å². The van der Waals surface area contributed by atoms with Crippen LogP contribution >= 0.6 is 27.5 Å². The summed E-state index contributed by atoms with van der Waals surface area (Å²) in [6, 6.07) is 5.18. The Labute approximate surface area is 137 Å². The van der Waals surface area contributed by atoms with Crippen molar-refractivity contribution in [3.05, 3.63) is 44.6 Å². The van der Waals surface area contributed by atoms with Gasteiger partial charge in [-0.25, -0.2) is 4.39 Å². The number of nitrogens with zero attached hydrogens (tertiary/aromatic N) is 2. The first-order valence-corrected chi connectivity index (χ1v) is 8.33. The second-order valence-electron chi connectivity index (χ2n) is 6.02. The van der Waals surface area contributed by atoms with Crippen molar-refractivity contribution in [2.45, 2.75) is 38.6 Å². The van der Waals surface area contributed by atoms with Crippen molar-refractivity contribution in [2.75, 3.05) is 7.05 Å². The molecule has 21 heavy (non-hydrogen) atoms. The molecule has 0 amide bonds. The molecule has 1 atom stereocenters. The second kappa shape index (κ2) is 6.50. The largest absolute Gasteiger partial charge is 0.312 e. The lowest BCUT2D eigenvalue weighted by molar-refractivity contribution is 0.521. The average molecular weight is 372 g/mol. The molecule has 0 saturated heterocycles. The van der Waals surface area contributed by atoms with E-state index in [1.165, 1.54) is 17.6 Å². The fourth-order valence-corrected chi connectivity index (χ4v) is 3.48. The molecule has 1 unspecified atom stereocenters. The van der Waals surface area contributed by atoms with Crippen molar-refractivity contribution >= 4 is 27.5 Å². The number of nitrogens with one attached hydrogen (secondary N) is 1. The van der Waals surface area contributed by atoms with E-state index in [4.69, 9.17) is 0 Å². The summed E-state index contributed by atoms with van der Waals surface area (Å²) in [5.41, 5.74) is 1.59. The van der Waals surface area contributed by atoms with Crippen LogP contribution in [0.25, 0.3) is 0 Å². The van der Waals surface area contributed by atoms with Crippen molar-refractivity contribution in [1.82, 2.24) is 14.9 Å². The zero-order valence-electron chi connectivity index (χ0n) is 12.6. The monoisotopic (exact) mass is 371 g/mol. The van der Waals surface area contributed by atoms with Gasteiger partial charge >= 0.3 is 0 Å². The molecule has 2 rings (SSSR count). The summed E-state index contributed by atoms with van der Waals surface area (Å²) >= 11 is 4.66. The summed E-state index contributed by atoms with van der Waals surface area (Å²) in [4.78, 5) is 1.08. The van der Waals surface area contributed by atoms with Crippen LogP contribution in [0.3, 0.4) is 0 Å². The molecule has 0 aliphatic carbocycles. The first kappa shape index (κ1) is 16.5. The van der Waals surface area contributed by atoms with Crippen LogP contribution < -0.4 is 5.32 Å². The third-order valence-electron chi connectivity index (χ3n) is 3.33. The first-order valence-electron chi connectivity index (χ1n) is 6.77. The van der Waals surface area contributed by atoms with E-state index in [2.05, 4.69) is 51.6 Å². The van der Waals surface area contributed by atoms with E-state index in [9.17, 15) is 4.39 Å². The number of aromatic nitrogens is 2. The highest BCUT2D eigenvalue weighted by atomic mass is 79.9. The van der Waals surface area contributed by atoms with Crippen LogP contribution in [0.1, 0.15) is 42.9 Å². The molecular weight excluding hydrogens is 353 g/mol. The van der Waals surface area contributed by atoms with Gasteiger partial charge in [-0.1, -0.05) is 47.3 Å². The lowest BCUT2D eigenvalue weighted by atomic mass is 9.89. The maximum atomic E-state index is 14.0. The van der Waals surface area contributed by atoms with Crippen LogP contribution in [0.4, 0.5) is 4.39 Å². The number of benzene rings is 1. The highest BCUT2D eigenvalue weighted by Crippen LogP contribution is 2.32. The van der Waals surface area contributed by atoms with E-state index in [0.717, 1.165) is 15.0 Å². The van der Waals surface area contributed by atoms with Crippen molar-refractivity contribution in [3.8, 4) is 0 Å². The number of likely N-dealkylation sites (N-methyl/N-ethyl adjacent to an activating group) is 1. The van der Waals surface area contributed by atoms with Gasteiger partial charge in [0.25, 0.3) is 0 Å². The molecule has 0 spiro atoms. The molecule has 0 saturated carbocycles. The molecule has 0 fully saturated rings. The highest BCUT2D eigenvalue weighted by Gasteiger charge is 2.27. The summed E-state index contributed by atoms with van der Waals surface area (Å²) in [7, 11) is 1.88. The molecular formula is C15H19BrFN3S. The smallest absolute Gasteiger partial charge is 0.127 e. The minimum Gasteiger partial charge on any atom is -0.312 e. The Kier molecular flexibility index (Phi) is 5.11. The molecule has 0 aliphatic rings. The van der Waals surface area contributed by atoms with Crippen LogP contribution in [0.5, 0.6) is 0 Å². The summed E-state index contributed by atoms with van der Waals surface area (Å²) in [6.45, 7) is 6.33. The van der Waals surface area contributed by atoms with E-state index in [1.54, 1.807) is 0 Å². The van der Waals surface area contributed by atoms with E-state index in [-0.39, 0.29) is 17.3 Å². The Bertz CT molecular complexity index is 622. The summed E-state index contributed by atoms with van der Waals surface area (Å²) in [5.74, 6) is -0.195. The molecule has 0 bridgehead atoms. The number of halogens is 2. The van der Waals surface area contributed by atoms with Crippen molar-refractivity contribution in [1.29, 1.82) is 0 Å². The van der Waals surface area contributed by atoms with Gasteiger partial charge in [-0.05, 0) is 42.7 Å². The minimum absolute atomic E-state index is 0.00917. The zero-order chi connectivity index (χ0) is 15.6. The van der Waals surface area contributed by atoms with Crippen LogP contribution in [-0.4, -0.2) is 16.6 Å². The van der Waals surface area contributed by atoms with Gasteiger partial charge in [-0.3, -0.25) is 0 Å². The van der Waals surface area contributed by atoms with Gasteiger partial charge in [0.15, 0.2) is 0 Å². The number of hydrogen-bond acceptors (Lipinski definition) is 4. The van der Waals surface area contributed by atoms with E-state index in [1.807, 2.05) is 19.2 Å². The average Bonchev–Trinajstić information content (AvgIpc) is 2.87. The standard InChI is InChI=1S/C15H19BrFN3S/c1-15(2,3)14-13(21-20-19-14)12(18-4)7-9-5-6-10(16)8-11(9)17/h5-6,8,12,18H,7H2,1-4H3. The van der Waals surface area contributed by atoms with Crippen LogP contribution in [-0.2, 0) is 11.8 Å². The van der Waals surface area contributed by atoms with Gasteiger partial charge in [0.1, 0.15) is 5.82 Å². The quantitative estimate of drug-likeness (QED) is 0.873. The Balaban J connectivity index is 2.31. The number of hydrogen-bond donors (Lipinski definition) is 1. The summed E-state index contributed by atoms with van der Waals surface area (Å²) < 4.78 is 18.9. The number of rotatable bonds is 4. The molecule has 6 heteroatoms. The fourth-order valence-electron chi connectivity index (χ4n) is 2.18. The van der Waals surface area contributed by atoms with Crippen LogP contribution in [0, 0.1) is 5.82 Å². The Morgan fingerprint density at radius 1 is 1.38 bits per heavy atom. The molecule has 3 nitrogen and oxygen atoms in total. The Morgan fingerprint density at radius 3 is 2.67 bits per heavy atom. The van der Waals surface area contributed by atoms with Crippen molar-refractivity contribution in [2.24, 2.45) is 0 Å². The highest BCUT2D eigenvalue weighted by molar-refractivity contribution is 9.10. The third kappa shape index (κ3) is 3.87. The second-order valence-corrected chi connectivity index (χ2v) is 7.72. The van der Waals surface area contributed by atoms with Gasteiger partial charge in [-0.15, -0.1) is 5.10 Å². The zero-order valence-corrected chi connectivity index (χ0v) is 15.0. The van der Waals surface area contributed by atoms with Gasteiger partial charge in [0, 0.05) is 15.9 Å².